The molecule has 0 atom stereocenters. The molecule has 4 aromatic rings. The predicted molar refractivity (Wildman–Crippen MR) is 138 cm³/mol. The maximum absolute atomic E-state index is 4.63. The largest absolute Gasteiger partial charge is 0.308 e. The summed E-state index contributed by atoms with van der Waals surface area (Å²) in [4.78, 5) is 13.2. The maximum Gasteiger partial charge on any atom is 0.168 e. The van der Waals surface area contributed by atoms with E-state index in [1.807, 2.05) is 47.3 Å². The van der Waals surface area contributed by atoms with Crippen LogP contribution in [0.15, 0.2) is 98.4 Å². The summed E-state index contributed by atoms with van der Waals surface area (Å²) >= 11 is 0. The van der Waals surface area contributed by atoms with E-state index in [0.29, 0.717) is 19.0 Å². The van der Waals surface area contributed by atoms with E-state index in [1.54, 1.807) is 24.8 Å². The Hall–Kier alpha value is -4.23. The van der Waals surface area contributed by atoms with Gasteiger partial charge in [-0.3, -0.25) is 19.5 Å². The van der Waals surface area contributed by atoms with Gasteiger partial charge in [0.15, 0.2) is 5.82 Å². The Morgan fingerprint density at radius 3 is 2.71 bits per heavy atom. The van der Waals surface area contributed by atoms with Crippen LogP contribution in [0.1, 0.15) is 36.0 Å². The van der Waals surface area contributed by atoms with E-state index >= 15 is 0 Å². The topological polar surface area (TPSA) is 81.4 Å². The number of nitrogens with zero attached hydrogens (tertiary/aromatic N) is 6. The zero-order chi connectivity index (χ0) is 23.9. The molecule has 35 heavy (non-hydrogen) atoms. The molecule has 7 heteroatoms. The molecule has 1 N–H and O–H groups in total. The summed E-state index contributed by atoms with van der Waals surface area (Å²) in [6.45, 7) is 5.32. The zero-order valence-electron chi connectivity index (χ0n) is 19.5. The molecule has 0 aromatic carbocycles. The molecule has 1 fully saturated rings. The second-order valence-corrected chi connectivity index (χ2v) is 8.40. The Kier molecular flexibility index (Phi) is 6.96. The highest BCUT2D eigenvalue weighted by molar-refractivity contribution is 5.71. The summed E-state index contributed by atoms with van der Waals surface area (Å²) < 4.78 is 1.91. The van der Waals surface area contributed by atoms with Crippen LogP contribution in [-0.2, 0) is 6.54 Å². The molecule has 7 nitrogen and oxygen atoms in total. The van der Waals surface area contributed by atoms with E-state index in [2.05, 4.69) is 61.3 Å². The van der Waals surface area contributed by atoms with Crippen molar-refractivity contribution in [1.82, 2.24) is 35.0 Å². The van der Waals surface area contributed by atoms with Gasteiger partial charge < -0.3 is 5.32 Å². The van der Waals surface area contributed by atoms with Crippen LogP contribution in [-0.4, -0.2) is 36.3 Å². The summed E-state index contributed by atoms with van der Waals surface area (Å²) in [7, 11) is 0. The molecule has 0 unspecified atom stereocenters. The van der Waals surface area contributed by atoms with Gasteiger partial charge in [-0.25, -0.2) is 0 Å². The molecule has 4 aromatic heterocycles. The van der Waals surface area contributed by atoms with Gasteiger partial charge in [0.05, 0.1) is 11.4 Å². The molecular formula is C28H27N7. The first-order valence-corrected chi connectivity index (χ1v) is 11.7. The van der Waals surface area contributed by atoms with Gasteiger partial charge in [-0.05, 0) is 48.7 Å². The van der Waals surface area contributed by atoms with Crippen LogP contribution in [0.3, 0.4) is 0 Å². The number of rotatable bonds is 10. The summed E-state index contributed by atoms with van der Waals surface area (Å²) in [5, 5.41) is 11.7. The summed E-state index contributed by atoms with van der Waals surface area (Å²) in [5.74, 6) is 1.40. The number of nitrogens with one attached hydrogen (secondary N) is 1. The SMILES string of the molecule is C=C/C(=C\C=C/CNCc1cc(-c2ccc(C3CC3)nc2)ccn1)c1nncn1-c1ccncc1. The smallest absolute Gasteiger partial charge is 0.168 e. The van der Waals surface area contributed by atoms with Gasteiger partial charge in [0, 0.05) is 60.6 Å². The first-order valence-electron chi connectivity index (χ1n) is 11.7. The summed E-state index contributed by atoms with van der Waals surface area (Å²) in [6, 6.07) is 12.3. The molecule has 5 rings (SSSR count). The van der Waals surface area contributed by atoms with Crippen molar-refractivity contribution in [2.24, 2.45) is 0 Å². The van der Waals surface area contributed by atoms with Crippen LogP contribution in [0.5, 0.6) is 0 Å². The van der Waals surface area contributed by atoms with Crippen LogP contribution in [0.2, 0.25) is 0 Å². The van der Waals surface area contributed by atoms with E-state index in [0.717, 1.165) is 33.9 Å². The van der Waals surface area contributed by atoms with Crippen molar-refractivity contribution in [2.75, 3.05) is 6.54 Å². The quantitative estimate of drug-likeness (QED) is 0.267. The van der Waals surface area contributed by atoms with Gasteiger partial charge in [-0.2, -0.15) is 0 Å². The molecule has 1 aliphatic carbocycles. The lowest BCUT2D eigenvalue weighted by Crippen LogP contribution is -2.13. The molecule has 1 aliphatic rings. The van der Waals surface area contributed by atoms with Gasteiger partial charge in [0.2, 0.25) is 0 Å². The van der Waals surface area contributed by atoms with Crippen molar-refractivity contribution in [3.63, 3.8) is 0 Å². The van der Waals surface area contributed by atoms with Gasteiger partial charge in [0.25, 0.3) is 0 Å². The minimum atomic E-state index is 0.673. The van der Waals surface area contributed by atoms with Crippen molar-refractivity contribution < 1.29 is 0 Å². The van der Waals surface area contributed by atoms with Gasteiger partial charge in [-0.1, -0.05) is 36.9 Å². The van der Waals surface area contributed by atoms with Crippen molar-refractivity contribution >= 4 is 5.57 Å². The minimum Gasteiger partial charge on any atom is -0.308 e. The molecule has 0 aliphatic heterocycles. The third-order valence-electron chi connectivity index (χ3n) is 5.88. The molecule has 0 spiro atoms. The fraction of sp³-hybridized carbons (Fsp3) is 0.179. The van der Waals surface area contributed by atoms with Gasteiger partial charge in [-0.15, -0.1) is 10.2 Å². The Labute approximate surface area is 205 Å². The second-order valence-electron chi connectivity index (χ2n) is 8.40. The Morgan fingerprint density at radius 1 is 1.06 bits per heavy atom. The average molecular weight is 462 g/mol. The van der Waals surface area contributed by atoms with E-state index < -0.39 is 0 Å². The number of hydrogen-bond donors (Lipinski definition) is 1. The van der Waals surface area contributed by atoms with E-state index in [1.165, 1.54) is 18.5 Å². The average Bonchev–Trinajstić information content (AvgIpc) is 3.66. The summed E-state index contributed by atoms with van der Waals surface area (Å²) in [6.07, 6.45) is 19.3. The van der Waals surface area contributed by atoms with Gasteiger partial charge in [0.1, 0.15) is 6.33 Å². The predicted octanol–water partition coefficient (Wildman–Crippen LogP) is 4.91. The molecule has 0 bridgehead atoms. The van der Waals surface area contributed by atoms with Crippen molar-refractivity contribution in [1.29, 1.82) is 0 Å². The molecular weight excluding hydrogens is 434 g/mol. The molecule has 0 radical (unpaired) electrons. The molecule has 0 amide bonds. The monoisotopic (exact) mass is 461 g/mol. The van der Waals surface area contributed by atoms with Crippen LogP contribution in [0.25, 0.3) is 22.4 Å². The first kappa shape index (κ1) is 22.6. The van der Waals surface area contributed by atoms with Crippen LogP contribution < -0.4 is 5.32 Å². The lowest BCUT2D eigenvalue weighted by molar-refractivity contribution is 0.740. The van der Waals surface area contributed by atoms with Gasteiger partial charge >= 0.3 is 0 Å². The second kappa shape index (κ2) is 10.8. The Bertz CT molecular complexity index is 1330. The highest BCUT2D eigenvalue weighted by Gasteiger charge is 2.24. The normalized spacial score (nSPS) is 13.9. The van der Waals surface area contributed by atoms with Crippen molar-refractivity contribution in [3.8, 4) is 16.8 Å². The third-order valence-corrected chi connectivity index (χ3v) is 5.88. The summed E-state index contributed by atoms with van der Waals surface area (Å²) in [5.41, 5.74) is 6.30. The third kappa shape index (κ3) is 5.65. The van der Waals surface area contributed by atoms with E-state index in [-0.39, 0.29) is 0 Å². The first-order chi connectivity index (χ1) is 17.3. The van der Waals surface area contributed by atoms with Crippen LogP contribution in [0.4, 0.5) is 0 Å². The fourth-order valence-electron chi connectivity index (χ4n) is 3.83. The standard InChI is InChI=1S/C28H27N7/c1-2-21(28-34-33-20-35(28)26-11-14-29-15-12-26)5-3-4-13-30-19-25-17-23(10-16-31-25)24-8-9-27(32-18-24)22-6-7-22/h2-5,8-12,14-18,20,22,30H,1,6-7,13,19H2/b4-3-,21-5+. The molecule has 0 saturated heterocycles. The van der Waals surface area contributed by atoms with E-state index in [9.17, 15) is 0 Å². The molecule has 1 saturated carbocycles. The van der Waals surface area contributed by atoms with Crippen LogP contribution in [0, 0.1) is 0 Å². The Morgan fingerprint density at radius 2 is 1.94 bits per heavy atom. The van der Waals surface area contributed by atoms with E-state index in [4.69, 9.17) is 0 Å². The molecule has 174 valence electrons. The molecule has 4 heterocycles. The Balaban J connectivity index is 1.17. The number of allylic oxidation sites excluding steroid dienone is 4. The number of pyridine rings is 3. The van der Waals surface area contributed by atoms with Crippen LogP contribution >= 0.6 is 0 Å². The highest BCUT2D eigenvalue weighted by Crippen LogP contribution is 2.39. The number of aromatic nitrogens is 6. The maximum atomic E-state index is 4.63. The number of hydrogen-bond acceptors (Lipinski definition) is 6. The lowest BCUT2D eigenvalue weighted by Gasteiger charge is -2.06. The van der Waals surface area contributed by atoms with Crippen molar-refractivity contribution in [3.05, 3.63) is 116 Å². The fourth-order valence-corrected chi connectivity index (χ4v) is 3.83. The highest BCUT2D eigenvalue weighted by atomic mass is 15.3. The zero-order valence-corrected chi connectivity index (χ0v) is 19.5. The minimum absolute atomic E-state index is 0.673. The van der Waals surface area contributed by atoms with Crippen molar-refractivity contribution in [2.45, 2.75) is 25.3 Å². The lowest BCUT2D eigenvalue weighted by atomic mass is 10.1.